The Kier molecular flexibility index (Phi) is 5.64. The molecule has 3 atom stereocenters. The van der Waals surface area contributed by atoms with Gasteiger partial charge in [0.15, 0.2) is 5.60 Å². The van der Waals surface area contributed by atoms with Crippen LogP contribution in [0.3, 0.4) is 0 Å². The topological polar surface area (TPSA) is 132 Å². The smallest absolute Gasteiger partial charge is 0.343 e. The molecular formula is C29H29FN4O6. The summed E-state index contributed by atoms with van der Waals surface area (Å²) in [6, 6.07) is 2.64. The number of hydrogen-bond donors (Lipinski definition) is 3. The van der Waals surface area contributed by atoms with Crippen molar-refractivity contribution in [1.82, 2.24) is 20.2 Å². The molecule has 2 aromatic heterocycles. The van der Waals surface area contributed by atoms with E-state index in [1.54, 1.807) is 24.5 Å². The van der Waals surface area contributed by atoms with Gasteiger partial charge in [-0.15, -0.1) is 0 Å². The number of hydrogen-bond acceptors (Lipinski definition) is 8. The molecule has 1 amide bonds. The maximum Gasteiger partial charge on any atom is 0.343 e. The SMILES string of the molecule is CC[C@]1(O)C(=O)OCc2c1cc1n(c2=O)Cc2c-1nc1cc(F)c(C)c3c1c2[C@H](NC(=O)[C@@H]1CNCCO1)CC3. The van der Waals surface area contributed by atoms with Gasteiger partial charge < -0.3 is 29.8 Å². The Bertz CT molecular complexity index is 1690. The first kappa shape index (κ1) is 25.3. The van der Waals surface area contributed by atoms with E-state index in [1.807, 2.05) is 0 Å². The Labute approximate surface area is 228 Å². The third-order valence-electron chi connectivity index (χ3n) is 8.91. The number of rotatable bonds is 3. The number of halogens is 1. The average molecular weight is 549 g/mol. The van der Waals surface area contributed by atoms with E-state index in [1.165, 1.54) is 6.07 Å². The number of aliphatic hydroxyl groups is 1. The molecule has 10 nitrogen and oxygen atoms in total. The number of aryl methyl sites for hydroxylation is 1. The number of nitrogens with zero attached hydrogens (tertiary/aromatic N) is 2. The first-order valence-corrected chi connectivity index (χ1v) is 13.7. The number of aromatic nitrogens is 2. The Morgan fingerprint density at radius 1 is 1.30 bits per heavy atom. The molecule has 3 aliphatic heterocycles. The number of morpholine rings is 1. The summed E-state index contributed by atoms with van der Waals surface area (Å²) in [6.07, 6.45) is 0.526. The van der Waals surface area contributed by atoms with Crippen LogP contribution in [0.4, 0.5) is 4.39 Å². The third kappa shape index (κ3) is 3.44. The van der Waals surface area contributed by atoms with E-state index in [0.717, 1.165) is 22.1 Å². The summed E-state index contributed by atoms with van der Waals surface area (Å²) >= 11 is 0. The normalized spacial score (nSPS) is 24.8. The van der Waals surface area contributed by atoms with Crippen molar-refractivity contribution in [3.8, 4) is 11.4 Å². The predicted molar refractivity (Wildman–Crippen MR) is 141 cm³/mol. The minimum absolute atomic E-state index is 0.0328. The number of nitrogens with one attached hydrogen (secondary N) is 2. The highest BCUT2D eigenvalue weighted by molar-refractivity contribution is 5.94. The van der Waals surface area contributed by atoms with Crippen LogP contribution in [0.1, 0.15) is 59.2 Å². The van der Waals surface area contributed by atoms with Crippen LogP contribution in [-0.4, -0.2) is 52.3 Å². The molecule has 7 rings (SSSR count). The van der Waals surface area contributed by atoms with Gasteiger partial charge in [-0.3, -0.25) is 9.59 Å². The molecule has 0 bridgehead atoms. The van der Waals surface area contributed by atoms with Crippen LogP contribution in [0, 0.1) is 12.7 Å². The number of carbonyl (C=O) groups excluding carboxylic acids is 2. The summed E-state index contributed by atoms with van der Waals surface area (Å²) < 4.78 is 27.5. The molecule has 3 aromatic rings. The van der Waals surface area contributed by atoms with Gasteiger partial charge in [0.05, 0.1) is 41.7 Å². The van der Waals surface area contributed by atoms with Crippen molar-refractivity contribution in [2.45, 2.75) is 64.0 Å². The number of esters is 1. The fourth-order valence-corrected chi connectivity index (χ4v) is 6.70. The van der Waals surface area contributed by atoms with Crippen LogP contribution in [0.25, 0.3) is 22.3 Å². The zero-order valence-corrected chi connectivity index (χ0v) is 22.2. The summed E-state index contributed by atoms with van der Waals surface area (Å²) in [5.74, 6) is -1.39. The van der Waals surface area contributed by atoms with Crippen molar-refractivity contribution in [3.63, 3.8) is 0 Å². The third-order valence-corrected chi connectivity index (χ3v) is 8.91. The van der Waals surface area contributed by atoms with Gasteiger partial charge in [-0.1, -0.05) is 6.92 Å². The van der Waals surface area contributed by atoms with Crippen LogP contribution in [0.15, 0.2) is 16.9 Å². The molecule has 0 spiro atoms. The van der Waals surface area contributed by atoms with E-state index in [2.05, 4.69) is 10.6 Å². The number of benzene rings is 1. The zero-order valence-electron chi connectivity index (χ0n) is 22.2. The first-order chi connectivity index (χ1) is 19.2. The maximum absolute atomic E-state index is 15.1. The second-order valence-electron chi connectivity index (χ2n) is 11.0. The van der Waals surface area contributed by atoms with Crippen molar-refractivity contribution < 1.29 is 28.6 Å². The summed E-state index contributed by atoms with van der Waals surface area (Å²) in [4.78, 5) is 44.3. The van der Waals surface area contributed by atoms with Crippen LogP contribution < -0.4 is 16.2 Å². The molecule has 1 aliphatic carbocycles. The number of cyclic esters (lactones) is 1. The average Bonchev–Trinajstić information content (AvgIpc) is 3.33. The first-order valence-electron chi connectivity index (χ1n) is 13.7. The number of pyridine rings is 2. The number of fused-ring (bicyclic) bond motifs is 5. The lowest BCUT2D eigenvalue weighted by molar-refractivity contribution is -0.172. The fourth-order valence-electron chi connectivity index (χ4n) is 6.70. The van der Waals surface area contributed by atoms with Crippen LogP contribution in [-0.2, 0) is 44.2 Å². The molecular weight excluding hydrogens is 519 g/mol. The molecule has 11 heteroatoms. The summed E-state index contributed by atoms with van der Waals surface area (Å²) in [5.41, 5.74) is 2.46. The Hall–Kier alpha value is -3.67. The van der Waals surface area contributed by atoms with Crippen molar-refractivity contribution >= 4 is 22.8 Å². The number of amides is 1. The van der Waals surface area contributed by atoms with Gasteiger partial charge in [0, 0.05) is 35.7 Å². The molecule has 4 aliphatic rings. The number of carbonyl (C=O) groups is 2. The summed E-state index contributed by atoms with van der Waals surface area (Å²) in [6.45, 7) is 4.90. The van der Waals surface area contributed by atoms with Crippen molar-refractivity contribution in [3.05, 3.63) is 61.7 Å². The quantitative estimate of drug-likeness (QED) is 0.329. The molecule has 3 N–H and O–H groups in total. The molecule has 40 heavy (non-hydrogen) atoms. The lowest BCUT2D eigenvalue weighted by Crippen LogP contribution is -2.49. The maximum atomic E-state index is 15.1. The highest BCUT2D eigenvalue weighted by Gasteiger charge is 2.46. The molecule has 0 saturated carbocycles. The van der Waals surface area contributed by atoms with E-state index >= 15 is 4.39 Å². The minimum Gasteiger partial charge on any atom is -0.458 e. The largest absolute Gasteiger partial charge is 0.458 e. The molecule has 1 fully saturated rings. The van der Waals surface area contributed by atoms with Gasteiger partial charge >= 0.3 is 5.97 Å². The Morgan fingerprint density at radius 3 is 2.88 bits per heavy atom. The van der Waals surface area contributed by atoms with Gasteiger partial charge in [0.2, 0.25) is 0 Å². The molecule has 208 valence electrons. The summed E-state index contributed by atoms with van der Waals surface area (Å²) in [7, 11) is 0. The van der Waals surface area contributed by atoms with E-state index in [4.69, 9.17) is 14.5 Å². The lowest BCUT2D eigenvalue weighted by atomic mass is 9.81. The van der Waals surface area contributed by atoms with E-state index in [0.29, 0.717) is 55.0 Å². The molecule has 0 radical (unpaired) electrons. The highest BCUT2D eigenvalue weighted by Crippen LogP contribution is 2.46. The standard InChI is InChI=1S/C29H29FN4O6/c1-3-29(38)17-8-21-25-15(11-34(21)27(36)16(17)12-40-28(29)37)24-19(33-26(35)22-10-31-6-7-39-22)5-4-14-13(2)18(30)9-20(32-25)23(14)24/h8-9,19,22,31,38H,3-7,10-12H2,1-2H3,(H,33,35)/t19-,22+,29-/m1/s1. The minimum atomic E-state index is -1.95. The van der Waals surface area contributed by atoms with Crippen molar-refractivity contribution in [1.29, 1.82) is 0 Å². The number of ether oxygens (including phenoxy) is 2. The molecule has 0 unspecified atom stereocenters. The summed E-state index contributed by atoms with van der Waals surface area (Å²) in [5, 5.41) is 18.3. The fraction of sp³-hybridized carbons (Fsp3) is 0.448. The van der Waals surface area contributed by atoms with E-state index in [9.17, 15) is 19.5 Å². The lowest BCUT2D eigenvalue weighted by Gasteiger charge is -2.31. The highest BCUT2D eigenvalue weighted by atomic mass is 19.1. The van der Waals surface area contributed by atoms with Gasteiger partial charge in [-0.2, -0.15) is 0 Å². The second kappa shape index (κ2) is 8.92. The van der Waals surface area contributed by atoms with Crippen LogP contribution in [0.2, 0.25) is 0 Å². The zero-order chi connectivity index (χ0) is 27.9. The van der Waals surface area contributed by atoms with Crippen LogP contribution >= 0.6 is 0 Å². The molecule has 5 heterocycles. The van der Waals surface area contributed by atoms with Crippen LogP contribution in [0.5, 0.6) is 0 Å². The molecule has 1 saturated heterocycles. The van der Waals surface area contributed by atoms with Gasteiger partial charge in [0.1, 0.15) is 18.5 Å². The Balaban J connectivity index is 1.44. The van der Waals surface area contributed by atoms with E-state index < -0.39 is 23.7 Å². The monoisotopic (exact) mass is 548 g/mol. The van der Waals surface area contributed by atoms with Gasteiger partial charge in [0.25, 0.3) is 11.5 Å². The predicted octanol–water partition coefficient (Wildman–Crippen LogP) is 1.62. The second-order valence-corrected chi connectivity index (χ2v) is 11.0. The van der Waals surface area contributed by atoms with Gasteiger partial charge in [-0.05, 0) is 48.9 Å². The Morgan fingerprint density at radius 2 is 2.12 bits per heavy atom. The van der Waals surface area contributed by atoms with E-state index in [-0.39, 0.29) is 48.0 Å². The molecule has 1 aromatic carbocycles. The van der Waals surface area contributed by atoms with Crippen molar-refractivity contribution in [2.75, 3.05) is 19.7 Å². The van der Waals surface area contributed by atoms with Crippen molar-refractivity contribution in [2.24, 2.45) is 0 Å². The van der Waals surface area contributed by atoms with Gasteiger partial charge in [-0.25, -0.2) is 14.2 Å².